The number of nitrogens with zero attached hydrogens (tertiary/aromatic N) is 3. The Labute approximate surface area is 217 Å². The molecule has 1 fully saturated rings. The van der Waals surface area contributed by atoms with Crippen LogP contribution in [0.5, 0.6) is 5.75 Å². The van der Waals surface area contributed by atoms with Gasteiger partial charge in [-0.3, -0.25) is 9.32 Å². The summed E-state index contributed by atoms with van der Waals surface area (Å²) in [6.07, 6.45) is 3.78. The van der Waals surface area contributed by atoms with Gasteiger partial charge in [0.15, 0.2) is 11.9 Å². The van der Waals surface area contributed by atoms with Gasteiger partial charge >= 0.3 is 13.7 Å². The zero-order chi connectivity index (χ0) is 27.7. The lowest BCUT2D eigenvalue weighted by atomic mass is 9.98. The van der Waals surface area contributed by atoms with Crippen LogP contribution in [0.2, 0.25) is 0 Å². The van der Waals surface area contributed by atoms with Crippen molar-refractivity contribution in [1.29, 1.82) is 0 Å². The molecule has 3 aromatic rings. The summed E-state index contributed by atoms with van der Waals surface area (Å²) in [5.41, 5.74) is 4.11. The first kappa shape index (κ1) is 27.5. The van der Waals surface area contributed by atoms with E-state index in [0.29, 0.717) is 10.9 Å². The van der Waals surface area contributed by atoms with Crippen molar-refractivity contribution < 1.29 is 37.4 Å². The van der Waals surface area contributed by atoms with Gasteiger partial charge in [0.1, 0.15) is 41.8 Å². The van der Waals surface area contributed by atoms with Crippen molar-refractivity contribution >= 4 is 30.6 Å². The summed E-state index contributed by atoms with van der Waals surface area (Å²) >= 11 is 0. The fraction of sp³-hybridized carbons (Fsp3) is 0.375. The molecule has 6 atom stereocenters. The number of hydrogen-bond acceptors (Lipinski definition) is 10. The highest BCUT2D eigenvalue weighted by Crippen LogP contribution is 2.48. The SMILES string of the molecule is C#Cc1cn(C2OC(COP(=O)(NC(C)C(=O)OC)Oc3ccccc3)[C@@H](O)[C@@]2(C)F)c2ncnc(N)c12. The van der Waals surface area contributed by atoms with Gasteiger partial charge in [-0.2, -0.15) is 5.09 Å². The average Bonchev–Trinajstić information content (AvgIpc) is 3.37. The number of aliphatic hydroxyl groups is 1. The summed E-state index contributed by atoms with van der Waals surface area (Å²) in [4.78, 5) is 20.0. The molecule has 3 heterocycles. The molecule has 1 saturated heterocycles. The van der Waals surface area contributed by atoms with Crippen LogP contribution in [-0.4, -0.2) is 63.2 Å². The molecule has 14 heteroatoms. The molecule has 0 aliphatic carbocycles. The maximum Gasteiger partial charge on any atom is 0.459 e. The number of terminal acetylenes is 1. The molecule has 0 bridgehead atoms. The van der Waals surface area contributed by atoms with Crippen LogP contribution in [0, 0.1) is 12.3 Å². The molecule has 0 amide bonds. The maximum atomic E-state index is 15.9. The molecule has 4 rings (SSSR count). The Kier molecular flexibility index (Phi) is 7.73. The topological polar surface area (TPSA) is 160 Å². The van der Waals surface area contributed by atoms with Gasteiger partial charge < -0.3 is 29.4 Å². The van der Waals surface area contributed by atoms with E-state index >= 15 is 4.39 Å². The third-order valence-corrected chi connectivity index (χ3v) is 7.69. The third kappa shape index (κ3) is 5.22. The van der Waals surface area contributed by atoms with Crippen LogP contribution >= 0.6 is 7.75 Å². The molecule has 1 aliphatic rings. The molecule has 4 unspecified atom stereocenters. The van der Waals surface area contributed by atoms with E-state index in [0.717, 1.165) is 6.92 Å². The van der Waals surface area contributed by atoms with Gasteiger partial charge in [-0.1, -0.05) is 24.1 Å². The Morgan fingerprint density at radius 3 is 2.79 bits per heavy atom. The smallest absolute Gasteiger partial charge is 0.459 e. The van der Waals surface area contributed by atoms with Gasteiger partial charge in [0.2, 0.25) is 0 Å². The van der Waals surface area contributed by atoms with Crippen molar-refractivity contribution in [1.82, 2.24) is 19.6 Å². The Morgan fingerprint density at radius 1 is 1.42 bits per heavy atom. The average molecular weight is 547 g/mol. The predicted molar refractivity (Wildman–Crippen MR) is 135 cm³/mol. The second-order valence-electron chi connectivity index (χ2n) is 8.75. The number of benzene rings is 1. The molecular formula is C24H27FN5O7P. The highest BCUT2D eigenvalue weighted by atomic mass is 31.2. The number of rotatable bonds is 9. The van der Waals surface area contributed by atoms with E-state index in [-0.39, 0.29) is 17.2 Å². The fourth-order valence-corrected chi connectivity index (χ4v) is 5.60. The number of nitrogens with one attached hydrogen (secondary N) is 1. The molecule has 1 aliphatic heterocycles. The number of carbonyl (C=O) groups is 1. The second kappa shape index (κ2) is 10.7. The molecule has 0 spiro atoms. The number of nitrogens with two attached hydrogens (primary N) is 1. The molecular weight excluding hydrogens is 520 g/mol. The largest absolute Gasteiger partial charge is 0.468 e. The highest BCUT2D eigenvalue weighted by molar-refractivity contribution is 7.52. The van der Waals surface area contributed by atoms with Gasteiger partial charge in [-0.25, -0.2) is 18.9 Å². The number of methoxy groups -OCH3 is 1. The van der Waals surface area contributed by atoms with Crippen molar-refractivity contribution in [2.75, 3.05) is 19.5 Å². The number of para-hydroxylation sites is 1. The minimum Gasteiger partial charge on any atom is -0.468 e. The molecule has 0 radical (unpaired) electrons. The lowest BCUT2D eigenvalue weighted by Gasteiger charge is -2.25. The summed E-state index contributed by atoms with van der Waals surface area (Å²) in [5.74, 6) is 2.02. The van der Waals surface area contributed by atoms with Crippen molar-refractivity contribution in [3.8, 4) is 18.1 Å². The first-order valence-corrected chi connectivity index (χ1v) is 13.0. The fourth-order valence-electron chi connectivity index (χ4n) is 4.10. The molecule has 0 saturated carbocycles. The van der Waals surface area contributed by atoms with Crippen molar-refractivity contribution in [2.45, 2.75) is 44.0 Å². The van der Waals surface area contributed by atoms with E-state index in [4.69, 9.17) is 25.9 Å². The van der Waals surface area contributed by atoms with Crippen LogP contribution < -0.4 is 15.3 Å². The van der Waals surface area contributed by atoms with E-state index in [1.54, 1.807) is 18.2 Å². The van der Waals surface area contributed by atoms with Crippen molar-refractivity contribution in [3.63, 3.8) is 0 Å². The number of alkyl halides is 1. The standard InChI is InChI=1S/C24H27FN5O7P/c1-5-15-11-30(21-18(15)20(26)27-13-28-21)23-24(3,25)19(31)17(36-23)12-35-38(33,29-14(2)22(32)34-4)37-16-9-7-6-8-10-16/h1,6-11,13-14,17,19,23,31H,12H2,2-4H3,(H,29,33)(H2,26,27,28)/t14?,17?,19-,23?,24-,38?/m1/s1. The number of esters is 1. The van der Waals surface area contributed by atoms with Crippen molar-refractivity contribution in [2.24, 2.45) is 0 Å². The zero-order valence-corrected chi connectivity index (χ0v) is 21.7. The van der Waals surface area contributed by atoms with E-state index in [1.165, 1.54) is 43.3 Å². The summed E-state index contributed by atoms with van der Waals surface area (Å²) in [5, 5.41) is 13.6. The number of aromatic nitrogens is 3. The normalized spacial score (nSPS) is 25.4. The first-order valence-electron chi connectivity index (χ1n) is 11.5. The number of fused-ring (bicyclic) bond motifs is 1. The van der Waals surface area contributed by atoms with Crippen LogP contribution in [0.3, 0.4) is 0 Å². The van der Waals surface area contributed by atoms with Crippen LogP contribution in [0.1, 0.15) is 25.6 Å². The molecule has 38 heavy (non-hydrogen) atoms. The van der Waals surface area contributed by atoms with Gasteiger partial charge in [-0.15, -0.1) is 6.42 Å². The summed E-state index contributed by atoms with van der Waals surface area (Å²) in [6, 6.07) is 7.00. The number of nitrogen functional groups attached to an aromatic ring is 1. The minimum atomic E-state index is -4.26. The Morgan fingerprint density at radius 2 is 2.13 bits per heavy atom. The van der Waals surface area contributed by atoms with E-state index in [2.05, 4.69) is 25.7 Å². The summed E-state index contributed by atoms with van der Waals surface area (Å²) in [7, 11) is -3.09. The van der Waals surface area contributed by atoms with Crippen LogP contribution in [-0.2, 0) is 23.4 Å². The highest BCUT2D eigenvalue weighted by Gasteiger charge is 2.56. The summed E-state index contributed by atoms with van der Waals surface area (Å²) in [6.45, 7) is 1.98. The lowest BCUT2D eigenvalue weighted by Crippen LogP contribution is -2.41. The Hall–Kier alpha value is -3.53. The van der Waals surface area contributed by atoms with E-state index < -0.39 is 50.5 Å². The van der Waals surface area contributed by atoms with Gasteiger partial charge in [0, 0.05) is 6.20 Å². The van der Waals surface area contributed by atoms with Crippen LogP contribution in [0.4, 0.5) is 10.2 Å². The number of hydrogen-bond donors (Lipinski definition) is 3. The van der Waals surface area contributed by atoms with Crippen molar-refractivity contribution in [3.05, 3.63) is 48.4 Å². The monoisotopic (exact) mass is 547 g/mol. The Balaban J connectivity index is 1.59. The quantitative estimate of drug-likeness (QED) is 0.205. The zero-order valence-electron chi connectivity index (χ0n) is 20.8. The summed E-state index contributed by atoms with van der Waals surface area (Å²) < 4.78 is 52.4. The van der Waals surface area contributed by atoms with Gasteiger partial charge in [0.05, 0.1) is 24.7 Å². The minimum absolute atomic E-state index is 0.102. The number of halogens is 1. The number of ether oxygens (including phenoxy) is 2. The molecule has 12 nitrogen and oxygen atoms in total. The Bertz CT molecular complexity index is 1410. The predicted octanol–water partition coefficient (Wildman–Crippen LogP) is 2.34. The first-order chi connectivity index (χ1) is 18.0. The van der Waals surface area contributed by atoms with E-state index in [9.17, 15) is 14.5 Å². The third-order valence-electron chi connectivity index (χ3n) is 6.05. The van der Waals surface area contributed by atoms with E-state index in [1.807, 2.05) is 0 Å². The maximum absolute atomic E-state index is 15.9. The molecule has 4 N–H and O–H groups in total. The lowest BCUT2D eigenvalue weighted by molar-refractivity contribution is -0.142. The molecule has 202 valence electrons. The molecule has 2 aromatic heterocycles. The van der Waals surface area contributed by atoms with Crippen LogP contribution in [0.15, 0.2) is 42.9 Å². The van der Waals surface area contributed by atoms with Gasteiger partial charge in [-0.05, 0) is 26.0 Å². The number of anilines is 1. The number of carbonyl (C=O) groups excluding carboxylic acids is 1. The number of aliphatic hydroxyl groups excluding tert-OH is 1. The van der Waals surface area contributed by atoms with Gasteiger partial charge in [0.25, 0.3) is 0 Å². The second-order valence-corrected chi connectivity index (χ2v) is 10.4. The van der Waals surface area contributed by atoms with Crippen LogP contribution in [0.25, 0.3) is 11.0 Å². The molecule has 1 aromatic carbocycles.